The Labute approximate surface area is 221 Å². The molecule has 10 heteroatoms. The largest absolute Gasteiger partial charge is 0.445 e. The summed E-state index contributed by atoms with van der Waals surface area (Å²) in [5.41, 5.74) is 1.26. The number of hydrogen-bond acceptors (Lipinski definition) is 7. The number of rotatable bonds is 10. The molecule has 1 fully saturated rings. The van der Waals surface area contributed by atoms with Gasteiger partial charge in [-0.05, 0) is 54.7 Å². The van der Waals surface area contributed by atoms with Gasteiger partial charge in [-0.25, -0.2) is 13.4 Å². The fourth-order valence-corrected chi connectivity index (χ4v) is 5.94. The lowest BCUT2D eigenvalue weighted by molar-refractivity contribution is -0.117. The maximum atomic E-state index is 13.4. The van der Waals surface area contributed by atoms with Crippen LogP contribution in [0.1, 0.15) is 60.4 Å². The predicted molar refractivity (Wildman–Crippen MR) is 144 cm³/mol. The number of amides is 2. The van der Waals surface area contributed by atoms with Gasteiger partial charge in [-0.1, -0.05) is 55.2 Å². The minimum Gasteiger partial charge on any atom is -0.445 e. The molecule has 0 unspecified atom stereocenters. The lowest BCUT2D eigenvalue weighted by Crippen LogP contribution is -2.22. The van der Waals surface area contributed by atoms with Crippen molar-refractivity contribution in [3.8, 4) is 10.8 Å². The number of thiazole rings is 1. The second kappa shape index (κ2) is 11.9. The van der Waals surface area contributed by atoms with E-state index < -0.39 is 15.8 Å². The molecule has 4 rings (SSSR count). The van der Waals surface area contributed by atoms with E-state index in [9.17, 15) is 18.0 Å². The summed E-state index contributed by atoms with van der Waals surface area (Å²) in [5.74, 6) is 0.286. The molecule has 196 valence electrons. The minimum atomic E-state index is -3.32. The van der Waals surface area contributed by atoms with Gasteiger partial charge in [0.2, 0.25) is 11.0 Å². The van der Waals surface area contributed by atoms with E-state index in [0.29, 0.717) is 33.8 Å². The Morgan fingerprint density at radius 3 is 2.54 bits per heavy atom. The second-order valence-electron chi connectivity index (χ2n) is 9.30. The molecule has 1 atom stereocenters. The van der Waals surface area contributed by atoms with Crippen LogP contribution in [0.25, 0.3) is 0 Å². The van der Waals surface area contributed by atoms with Gasteiger partial charge in [-0.15, -0.1) is 0 Å². The van der Waals surface area contributed by atoms with E-state index in [-0.39, 0.29) is 16.7 Å². The number of nitrogens with zero attached hydrogens (tertiary/aromatic N) is 1. The van der Waals surface area contributed by atoms with Crippen molar-refractivity contribution >= 4 is 38.1 Å². The van der Waals surface area contributed by atoms with Crippen LogP contribution in [-0.2, 0) is 14.6 Å². The molecule has 0 bridgehead atoms. The summed E-state index contributed by atoms with van der Waals surface area (Å²) in [4.78, 5) is 29.8. The molecule has 3 aromatic rings. The van der Waals surface area contributed by atoms with Gasteiger partial charge < -0.3 is 15.4 Å². The molecular formula is C27H31N3O5S2. The Kier molecular flexibility index (Phi) is 8.60. The highest BCUT2D eigenvalue weighted by atomic mass is 32.2. The molecular weight excluding hydrogens is 510 g/mol. The molecule has 2 N–H and O–H groups in total. The number of carbonyl (C=O) groups is 2. The Balaban J connectivity index is 1.47. The Morgan fingerprint density at radius 2 is 1.86 bits per heavy atom. The number of aromatic nitrogens is 1. The van der Waals surface area contributed by atoms with Crippen LogP contribution < -0.4 is 15.4 Å². The number of hydrogen-bond donors (Lipinski definition) is 2. The third-order valence-electron chi connectivity index (χ3n) is 6.62. The fourth-order valence-electron chi connectivity index (χ4n) is 4.62. The summed E-state index contributed by atoms with van der Waals surface area (Å²) in [5, 5.41) is 6.37. The zero-order valence-electron chi connectivity index (χ0n) is 20.9. The molecule has 1 heterocycles. The first kappa shape index (κ1) is 26.8. The van der Waals surface area contributed by atoms with Gasteiger partial charge in [0.05, 0.1) is 17.0 Å². The molecule has 0 saturated heterocycles. The smallest absolute Gasteiger partial charge is 0.251 e. The van der Waals surface area contributed by atoms with Crippen molar-refractivity contribution in [2.24, 2.45) is 5.92 Å². The van der Waals surface area contributed by atoms with Crippen LogP contribution in [0.4, 0.5) is 5.13 Å². The molecule has 1 aliphatic rings. The van der Waals surface area contributed by atoms with Crippen LogP contribution in [0.2, 0.25) is 0 Å². The molecule has 2 aromatic carbocycles. The fraction of sp³-hybridized carbons (Fsp3) is 0.370. The zero-order chi connectivity index (χ0) is 26.4. The van der Waals surface area contributed by atoms with Crippen LogP contribution in [0.3, 0.4) is 0 Å². The average molecular weight is 542 g/mol. The molecule has 0 aliphatic heterocycles. The topological polar surface area (TPSA) is 114 Å². The number of sulfone groups is 1. The lowest BCUT2D eigenvalue weighted by atomic mass is 9.89. The first-order valence-electron chi connectivity index (χ1n) is 12.3. The summed E-state index contributed by atoms with van der Waals surface area (Å²) in [6, 6.07) is 13.4. The minimum absolute atomic E-state index is 0.187. The number of anilines is 1. The Morgan fingerprint density at radius 1 is 1.14 bits per heavy atom. The van der Waals surface area contributed by atoms with Crippen molar-refractivity contribution in [2.45, 2.75) is 49.3 Å². The summed E-state index contributed by atoms with van der Waals surface area (Å²) in [7, 11) is -1.75. The molecule has 1 saturated carbocycles. The SMILES string of the molecule is CNC(=O)c1cccc(Oc2cnc(NC(=O)[C@H](CCC3CCCC3)c3ccc(S(C)(=O)=O)cc3)s2)c1. The highest BCUT2D eigenvalue weighted by Crippen LogP contribution is 2.35. The normalized spacial score (nSPS) is 14.8. The Bertz CT molecular complexity index is 1350. The highest BCUT2D eigenvalue weighted by Gasteiger charge is 2.25. The first-order valence-corrected chi connectivity index (χ1v) is 15.0. The number of benzene rings is 2. The lowest BCUT2D eigenvalue weighted by Gasteiger charge is -2.19. The van der Waals surface area contributed by atoms with Gasteiger partial charge in [0.1, 0.15) is 5.75 Å². The van der Waals surface area contributed by atoms with Crippen LogP contribution >= 0.6 is 11.3 Å². The van der Waals surface area contributed by atoms with Gasteiger partial charge in [-0.3, -0.25) is 9.59 Å². The number of nitrogens with one attached hydrogen (secondary N) is 2. The zero-order valence-corrected chi connectivity index (χ0v) is 22.5. The summed E-state index contributed by atoms with van der Waals surface area (Å²) >= 11 is 1.19. The molecule has 1 aromatic heterocycles. The molecule has 8 nitrogen and oxygen atoms in total. The van der Waals surface area contributed by atoms with Crippen LogP contribution in [-0.4, -0.2) is 38.5 Å². The van der Waals surface area contributed by atoms with Gasteiger partial charge in [0.25, 0.3) is 5.91 Å². The molecule has 0 radical (unpaired) electrons. The third-order valence-corrected chi connectivity index (χ3v) is 8.54. The van der Waals surface area contributed by atoms with Crippen molar-refractivity contribution < 1.29 is 22.7 Å². The third kappa shape index (κ3) is 7.17. The highest BCUT2D eigenvalue weighted by molar-refractivity contribution is 7.90. The standard InChI is InChI=1S/C27H31N3O5S2/c1-28-25(31)20-8-5-9-21(16-20)35-24-17-29-27(36-24)30-26(32)23(15-10-18-6-3-4-7-18)19-11-13-22(14-12-19)37(2,33)34/h5,8-9,11-14,16-18,23H,3-4,6-7,10,15H2,1-2H3,(H,28,31)(H,29,30,32)/t23-/m1/s1. The van der Waals surface area contributed by atoms with E-state index in [1.807, 2.05) is 0 Å². The molecule has 0 spiro atoms. The first-order chi connectivity index (χ1) is 17.7. The Hall–Kier alpha value is -3.24. The van der Waals surface area contributed by atoms with Crippen LogP contribution in [0.15, 0.2) is 59.6 Å². The van der Waals surface area contributed by atoms with E-state index in [4.69, 9.17) is 4.74 Å². The monoisotopic (exact) mass is 541 g/mol. The second-order valence-corrected chi connectivity index (χ2v) is 12.3. The summed E-state index contributed by atoms with van der Waals surface area (Å²) in [6.07, 6.45) is 9.17. The molecule has 37 heavy (non-hydrogen) atoms. The average Bonchev–Trinajstić information content (AvgIpc) is 3.56. The van der Waals surface area contributed by atoms with E-state index in [1.165, 1.54) is 49.5 Å². The van der Waals surface area contributed by atoms with Crippen molar-refractivity contribution in [2.75, 3.05) is 18.6 Å². The maximum Gasteiger partial charge on any atom is 0.251 e. The number of ether oxygens (including phenoxy) is 1. The van der Waals surface area contributed by atoms with E-state index in [2.05, 4.69) is 15.6 Å². The van der Waals surface area contributed by atoms with E-state index in [0.717, 1.165) is 12.0 Å². The van der Waals surface area contributed by atoms with Crippen molar-refractivity contribution in [3.63, 3.8) is 0 Å². The van der Waals surface area contributed by atoms with Gasteiger partial charge >= 0.3 is 0 Å². The molecule has 1 aliphatic carbocycles. The quantitative estimate of drug-likeness (QED) is 0.356. The van der Waals surface area contributed by atoms with Crippen LogP contribution in [0.5, 0.6) is 10.8 Å². The van der Waals surface area contributed by atoms with Crippen molar-refractivity contribution in [1.82, 2.24) is 10.3 Å². The van der Waals surface area contributed by atoms with Gasteiger partial charge in [0.15, 0.2) is 15.0 Å². The van der Waals surface area contributed by atoms with Gasteiger partial charge in [0, 0.05) is 18.9 Å². The van der Waals surface area contributed by atoms with Gasteiger partial charge in [-0.2, -0.15) is 0 Å². The van der Waals surface area contributed by atoms with Crippen molar-refractivity contribution in [1.29, 1.82) is 0 Å². The van der Waals surface area contributed by atoms with E-state index >= 15 is 0 Å². The summed E-state index contributed by atoms with van der Waals surface area (Å²) < 4.78 is 29.6. The summed E-state index contributed by atoms with van der Waals surface area (Å²) in [6.45, 7) is 0. The molecule has 2 amide bonds. The van der Waals surface area contributed by atoms with Crippen LogP contribution in [0, 0.1) is 5.92 Å². The van der Waals surface area contributed by atoms with E-state index in [1.54, 1.807) is 55.6 Å². The maximum absolute atomic E-state index is 13.4. The predicted octanol–water partition coefficient (Wildman–Crippen LogP) is 5.39. The van der Waals surface area contributed by atoms with Crippen molar-refractivity contribution in [3.05, 3.63) is 65.9 Å². The number of carbonyl (C=O) groups excluding carboxylic acids is 2.